The van der Waals surface area contributed by atoms with E-state index in [1.54, 1.807) is 7.11 Å². The molecular weight excluding hydrogens is 193 g/mol. The summed E-state index contributed by atoms with van der Waals surface area (Å²) in [5, 5.41) is 0. The Bertz CT molecular complexity index is 250. The quantitative estimate of drug-likeness (QED) is 0.711. The molecule has 1 saturated carbocycles. The lowest BCUT2D eigenvalue weighted by atomic mass is 10.0. The molecule has 2 aliphatic rings. The van der Waals surface area contributed by atoms with Crippen LogP contribution in [0, 0.1) is 5.92 Å². The van der Waals surface area contributed by atoms with E-state index in [1.807, 2.05) is 6.92 Å². The maximum Gasteiger partial charge on any atom is 0.0876 e. The van der Waals surface area contributed by atoms with Crippen LogP contribution in [0.2, 0.25) is 0 Å². The van der Waals surface area contributed by atoms with E-state index < -0.39 is 0 Å². The van der Waals surface area contributed by atoms with Crippen molar-refractivity contribution in [1.29, 1.82) is 0 Å². The highest BCUT2D eigenvalue weighted by molar-refractivity contribution is 5.16. The first kappa shape index (κ1) is 11.1. The van der Waals surface area contributed by atoms with Gasteiger partial charge in [-0.2, -0.15) is 0 Å². The summed E-state index contributed by atoms with van der Waals surface area (Å²) < 4.78 is 18.1. The molecule has 1 aliphatic carbocycles. The van der Waals surface area contributed by atoms with Gasteiger partial charge in [-0.15, -0.1) is 0 Å². The van der Waals surface area contributed by atoms with Crippen molar-refractivity contribution in [3.63, 3.8) is 0 Å². The van der Waals surface area contributed by atoms with Gasteiger partial charge in [0.05, 0.1) is 18.5 Å². The van der Waals surface area contributed by atoms with Crippen LogP contribution in [0.4, 0.5) is 4.39 Å². The standard InChI is InChI=1S/C12H20FNO/c1-9(15-2)12-11(7-13)5-6-14(12)8-10-3-4-10/h7,9-10,12H,3-6,8H2,1-2H3/b11-7-. The van der Waals surface area contributed by atoms with Crippen LogP contribution in [-0.2, 0) is 4.74 Å². The highest BCUT2D eigenvalue weighted by atomic mass is 19.1. The summed E-state index contributed by atoms with van der Waals surface area (Å²) in [5.41, 5.74) is 0.907. The lowest BCUT2D eigenvalue weighted by Crippen LogP contribution is -2.40. The summed E-state index contributed by atoms with van der Waals surface area (Å²) >= 11 is 0. The Balaban J connectivity index is 2.02. The fourth-order valence-electron chi connectivity index (χ4n) is 2.48. The molecule has 1 heterocycles. The molecule has 0 aromatic carbocycles. The maximum absolute atomic E-state index is 12.7. The highest BCUT2D eigenvalue weighted by Gasteiger charge is 2.36. The van der Waals surface area contributed by atoms with Gasteiger partial charge in [0.2, 0.25) is 0 Å². The van der Waals surface area contributed by atoms with E-state index in [0.717, 1.165) is 37.3 Å². The Morgan fingerprint density at radius 1 is 1.60 bits per heavy atom. The van der Waals surface area contributed by atoms with Crippen LogP contribution in [-0.4, -0.2) is 37.2 Å². The van der Waals surface area contributed by atoms with E-state index in [2.05, 4.69) is 4.90 Å². The summed E-state index contributed by atoms with van der Waals surface area (Å²) in [7, 11) is 1.70. The van der Waals surface area contributed by atoms with E-state index in [1.165, 1.54) is 12.8 Å². The molecule has 0 aromatic rings. The first-order valence-corrected chi connectivity index (χ1v) is 5.82. The van der Waals surface area contributed by atoms with Crippen LogP contribution in [0.25, 0.3) is 0 Å². The molecule has 2 fully saturated rings. The summed E-state index contributed by atoms with van der Waals surface area (Å²) in [6.45, 7) is 4.14. The Labute approximate surface area is 91.1 Å². The lowest BCUT2D eigenvalue weighted by Gasteiger charge is -2.29. The average molecular weight is 213 g/mol. The fourth-order valence-corrected chi connectivity index (χ4v) is 2.48. The zero-order chi connectivity index (χ0) is 10.8. The van der Waals surface area contributed by atoms with Crippen molar-refractivity contribution in [1.82, 2.24) is 4.90 Å². The molecule has 0 amide bonds. The van der Waals surface area contributed by atoms with Gasteiger partial charge in [0.1, 0.15) is 0 Å². The van der Waals surface area contributed by atoms with Crippen molar-refractivity contribution in [2.75, 3.05) is 20.2 Å². The number of halogens is 1. The highest BCUT2D eigenvalue weighted by Crippen LogP contribution is 2.35. The first-order valence-electron chi connectivity index (χ1n) is 5.82. The second kappa shape index (κ2) is 4.62. The minimum atomic E-state index is 0.0910. The minimum Gasteiger partial charge on any atom is -0.380 e. The van der Waals surface area contributed by atoms with Gasteiger partial charge in [0.15, 0.2) is 0 Å². The smallest absolute Gasteiger partial charge is 0.0876 e. The second-order valence-electron chi connectivity index (χ2n) is 4.76. The molecule has 0 N–H and O–H groups in total. The van der Waals surface area contributed by atoms with Crippen LogP contribution in [0.15, 0.2) is 11.9 Å². The topological polar surface area (TPSA) is 12.5 Å². The molecule has 0 spiro atoms. The third kappa shape index (κ3) is 2.40. The van der Waals surface area contributed by atoms with Crippen molar-refractivity contribution < 1.29 is 9.13 Å². The predicted molar refractivity (Wildman–Crippen MR) is 58.4 cm³/mol. The van der Waals surface area contributed by atoms with E-state index >= 15 is 0 Å². The predicted octanol–water partition coefficient (Wildman–Crippen LogP) is 2.36. The molecule has 2 nitrogen and oxygen atoms in total. The van der Waals surface area contributed by atoms with E-state index in [-0.39, 0.29) is 12.1 Å². The van der Waals surface area contributed by atoms with Gasteiger partial charge >= 0.3 is 0 Å². The molecule has 2 unspecified atom stereocenters. The monoisotopic (exact) mass is 213 g/mol. The van der Waals surface area contributed by atoms with Crippen LogP contribution >= 0.6 is 0 Å². The number of likely N-dealkylation sites (tertiary alicyclic amines) is 1. The average Bonchev–Trinajstić information content (AvgIpc) is 2.96. The molecule has 2 rings (SSSR count). The van der Waals surface area contributed by atoms with Gasteiger partial charge < -0.3 is 4.74 Å². The molecule has 0 bridgehead atoms. The summed E-state index contributed by atoms with van der Waals surface area (Å²) in [6.07, 6.45) is 4.43. The van der Waals surface area contributed by atoms with Crippen LogP contribution in [0.5, 0.6) is 0 Å². The largest absolute Gasteiger partial charge is 0.380 e. The second-order valence-corrected chi connectivity index (χ2v) is 4.76. The summed E-state index contributed by atoms with van der Waals surface area (Å²) in [4.78, 5) is 2.39. The molecule has 15 heavy (non-hydrogen) atoms. The Morgan fingerprint density at radius 3 is 2.87 bits per heavy atom. The fraction of sp³-hybridized carbons (Fsp3) is 0.833. The number of hydrogen-bond donors (Lipinski definition) is 0. The van der Waals surface area contributed by atoms with Gasteiger partial charge in [-0.3, -0.25) is 4.90 Å². The van der Waals surface area contributed by atoms with Gasteiger partial charge in [-0.25, -0.2) is 4.39 Å². The van der Waals surface area contributed by atoms with Crippen molar-refractivity contribution >= 4 is 0 Å². The molecule has 86 valence electrons. The SMILES string of the molecule is COC(C)C1/C(=C\F)CCN1CC1CC1. The number of ether oxygens (including phenoxy) is 1. The van der Waals surface area contributed by atoms with Gasteiger partial charge in [0, 0.05) is 20.2 Å². The third-order valence-corrected chi connectivity index (χ3v) is 3.61. The number of hydrogen-bond acceptors (Lipinski definition) is 2. The van der Waals surface area contributed by atoms with E-state index in [0.29, 0.717) is 0 Å². The van der Waals surface area contributed by atoms with Crippen molar-refractivity contribution in [2.45, 2.75) is 38.3 Å². The maximum atomic E-state index is 12.7. The Kier molecular flexibility index (Phi) is 3.42. The van der Waals surface area contributed by atoms with E-state index in [4.69, 9.17) is 4.74 Å². The third-order valence-electron chi connectivity index (χ3n) is 3.61. The molecule has 0 radical (unpaired) electrons. The Morgan fingerprint density at radius 2 is 2.33 bits per heavy atom. The summed E-state index contributed by atoms with van der Waals surface area (Å²) in [5.74, 6) is 0.857. The first-order chi connectivity index (χ1) is 7.26. The zero-order valence-electron chi connectivity index (χ0n) is 9.58. The lowest BCUT2D eigenvalue weighted by molar-refractivity contribution is 0.0534. The molecule has 1 saturated heterocycles. The van der Waals surface area contributed by atoms with Crippen molar-refractivity contribution in [3.8, 4) is 0 Å². The van der Waals surface area contributed by atoms with Crippen LogP contribution in [0.3, 0.4) is 0 Å². The normalized spacial score (nSPS) is 32.5. The molecule has 2 atom stereocenters. The number of nitrogens with zero attached hydrogens (tertiary/aromatic N) is 1. The van der Waals surface area contributed by atoms with Gasteiger partial charge in [-0.1, -0.05) is 0 Å². The number of methoxy groups -OCH3 is 1. The van der Waals surface area contributed by atoms with Crippen LogP contribution < -0.4 is 0 Å². The number of rotatable bonds is 4. The van der Waals surface area contributed by atoms with Crippen molar-refractivity contribution in [3.05, 3.63) is 11.9 Å². The molecular formula is C12H20FNO. The van der Waals surface area contributed by atoms with Gasteiger partial charge in [-0.05, 0) is 37.7 Å². The zero-order valence-corrected chi connectivity index (χ0v) is 9.58. The van der Waals surface area contributed by atoms with Crippen molar-refractivity contribution in [2.24, 2.45) is 5.92 Å². The Hall–Kier alpha value is -0.410. The van der Waals surface area contributed by atoms with E-state index in [9.17, 15) is 4.39 Å². The molecule has 3 heteroatoms. The molecule has 0 aromatic heterocycles. The van der Waals surface area contributed by atoms with Gasteiger partial charge in [0.25, 0.3) is 0 Å². The molecule has 1 aliphatic heterocycles. The van der Waals surface area contributed by atoms with Crippen LogP contribution in [0.1, 0.15) is 26.2 Å². The minimum absolute atomic E-state index is 0.0910. The summed E-state index contributed by atoms with van der Waals surface area (Å²) in [6, 6.07) is 0.167.